The quantitative estimate of drug-likeness (QED) is 0.349. The van der Waals surface area contributed by atoms with Crippen LogP contribution in [0.25, 0.3) is 6.08 Å². The Morgan fingerprint density at radius 3 is 2.30 bits per heavy atom. The molecule has 0 spiro atoms. The first-order valence-electron chi connectivity index (χ1n) is 9.66. The van der Waals surface area contributed by atoms with Crippen molar-refractivity contribution in [1.82, 2.24) is 5.32 Å². The van der Waals surface area contributed by atoms with E-state index in [1.54, 1.807) is 66.7 Å². The molecule has 3 aromatic rings. The number of anilines is 1. The molecule has 0 saturated carbocycles. The number of hydrogen-bond acceptors (Lipinski definition) is 4. The highest BCUT2D eigenvalue weighted by Crippen LogP contribution is 2.29. The van der Waals surface area contributed by atoms with Crippen LogP contribution < -0.4 is 15.0 Å². The average Bonchev–Trinajstić information content (AvgIpc) is 2.79. The Kier molecular flexibility index (Phi) is 6.70. The van der Waals surface area contributed by atoms with Crippen molar-refractivity contribution in [1.29, 1.82) is 0 Å². The van der Waals surface area contributed by atoms with Gasteiger partial charge in [-0.1, -0.05) is 65.1 Å². The number of ether oxygens (including phenoxy) is 1. The van der Waals surface area contributed by atoms with Gasteiger partial charge in [0.05, 0.1) is 20.8 Å². The largest absolute Gasteiger partial charge is 0.487 e. The van der Waals surface area contributed by atoms with E-state index in [2.05, 4.69) is 5.32 Å². The van der Waals surface area contributed by atoms with Crippen molar-refractivity contribution < 1.29 is 19.1 Å². The van der Waals surface area contributed by atoms with E-state index in [1.807, 2.05) is 0 Å². The maximum atomic E-state index is 12.9. The highest BCUT2D eigenvalue weighted by molar-refractivity contribution is 6.42. The van der Waals surface area contributed by atoms with Crippen LogP contribution in [0.15, 0.2) is 72.3 Å². The zero-order valence-corrected chi connectivity index (χ0v) is 19.1. The van der Waals surface area contributed by atoms with Crippen molar-refractivity contribution in [2.45, 2.75) is 6.61 Å². The summed E-state index contributed by atoms with van der Waals surface area (Å²) in [5, 5.41) is 3.33. The molecule has 1 saturated heterocycles. The van der Waals surface area contributed by atoms with Gasteiger partial charge in [-0.3, -0.25) is 14.9 Å². The standard InChI is InChI=1S/C24H15Cl3N2O4/c25-18-8-6-15(12-19(18)26)13-33-21-9-7-14(11-20(21)27)10-17-22(30)28-24(32)29(23(17)31)16-4-2-1-3-5-16/h1-12H,13H2,(H,28,30,32)/b17-10+. The number of urea groups is 1. The van der Waals surface area contributed by atoms with Crippen LogP contribution in [-0.2, 0) is 16.2 Å². The van der Waals surface area contributed by atoms with Crippen molar-refractivity contribution in [2.75, 3.05) is 4.90 Å². The van der Waals surface area contributed by atoms with Gasteiger partial charge in [0.25, 0.3) is 11.8 Å². The number of amides is 4. The number of para-hydroxylation sites is 1. The Labute approximate surface area is 204 Å². The molecule has 0 unspecified atom stereocenters. The third kappa shape index (κ3) is 5.03. The molecule has 1 heterocycles. The summed E-state index contributed by atoms with van der Waals surface area (Å²) in [4.78, 5) is 38.4. The first-order valence-corrected chi connectivity index (χ1v) is 10.8. The summed E-state index contributed by atoms with van der Waals surface area (Å²) in [6.07, 6.45) is 1.37. The molecule has 4 amide bonds. The molecule has 33 heavy (non-hydrogen) atoms. The number of carbonyl (C=O) groups is 3. The Bertz CT molecular complexity index is 1290. The summed E-state index contributed by atoms with van der Waals surface area (Å²) < 4.78 is 5.74. The fourth-order valence-corrected chi connectivity index (χ4v) is 3.71. The Hall–Kier alpha value is -3.32. The number of halogens is 3. The van der Waals surface area contributed by atoms with Gasteiger partial charge in [0.2, 0.25) is 0 Å². The van der Waals surface area contributed by atoms with Gasteiger partial charge in [-0.15, -0.1) is 0 Å². The number of nitrogens with one attached hydrogen (secondary N) is 1. The minimum atomic E-state index is -0.808. The maximum Gasteiger partial charge on any atom is 0.335 e. The molecule has 0 bridgehead atoms. The van der Waals surface area contributed by atoms with Crippen molar-refractivity contribution >= 4 is 64.4 Å². The van der Waals surface area contributed by atoms with Gasteiger partial charge in [-0.2, -0.15) is 0 Å². The molecule has 1 aliphatic rings. The van der Waals surface area contributed by atoms with E-state index in [4.69, 9.17) is 39.5 Å². The highest BCUT2D eigenvalue weighted by atomic mass is 35.5. The molecule has 9 heteroatoms. The van der Waals surface area contributed by atoms with Gasteiger partial charge in [0.1, 0.15) is 17.9 Å². The molecular formula is C24H15Cl3N2O4. The number of nitrogens with zero attached hydrogens (tertiary/aromatic N) is 1. The number of hydrogen-bond donors (Lipinski definition) is 1. The van der Waals surface area contributed by atoms with Crippen molar-refractivity contribution in [3.05, 3.63) is 98.5 Å². The molecule has 1 aliphatic heterocycles. The van der Waals surface area contributed by atoms with Crippen LogP contribution in [0.5, 0.6) is 5.75 Å². The number of rotatable bonds is 5. The zero-order valence-electron chi connectivity index (χ0n) is 16.8. The van der Waals surface area contributed by atoms with Crippen LogP contribution >= 0.6 is 34.8 Å². The number of imide groups is 2. The van der Waals surface area contributed by atoms with E-state index in [1.165, 1.54) is 6.08 Å². The average molecular weight is 502 g/mol. The number of carbonyl (C=O) groups excluding carboxylic acids is 3. The van der Waals surface area contributed by atoms with Crippen molar-refractivity contribution in [2.24, 2.45) is 0 Å². The normalized spacial score (nSPS) is 15.1. The van der Waals surface area contributed by atoms with E-state index in [0.29, 0.717) is 27.0 Å². The summed E-state index contributed by atoms with van der Waals surface area (Å²) in [5.41, 5.74) is 1.45. The molecule has 6 nitrogen and oxygen atoms in total. The second-order valence-electron chi connectivity index (χ2n) is 7.02. The summed E-state index contributed by atoms with van der Waals surface area (Å²) >= 11 is 18.3. The molecule has 0 aromatic heterocycles. The summed E-state index contributed by atoms with van der Waals surface area (Å²) in [6.45, 7) is 0.214. The van der Waals surface area contributed by atoms with Gasteiger partial charge in [-0.05, 0) is 53.6 Å². The first kappa shape index (κ1) is 22.9. The van der Waals surface area contributed by atoms with Crippen molar-refractivity contribution in [3.63, 3.8) is 0 Å². The van der Waals surface area contributed by atoms with Crippen LogP contribution in [0.4, 0.5) is 10.5 Å². The van der Waals surface area contributed by atoms with E-state index in [0.717, 1.165) is 10.5 Å². The zero-order chi connectivity index (χ0) is 23.5. The van der Waals surface area contributed by atoms with E-state index in [-0.39, 0.29) is 17.2 Å². The minimum Gasteiger partial charge on any atom is -0.487 e. The fourth-order valence-electron chi connectivity index (χ4n) is 3.15. The predicted octanol–water partition coefficient (Wildman–Crippen LogP) is 5.89. The van der Waals surface area contributed by atoms with E-state index < -0.39 is 17.8 Å². The van der Waals surface area contributed by atoms with Crippen LogP contribution in [0.1, 0.15) is 11.1 Å². The SMILES string of the molecule is O=C1NC(=O)N(c2ccccc2)C(=O)/C1=C/c1ccc(OCc2ccc(Cl)c(Cl)c2)c(Cl)c1. The summed E-state index contributed by atoms with van der Waals surface area (Å²) in [5.74, 6) is -1.11. The third-order valence-corrected chi connectivity index (χ3v) is 5.80. The van der Waals surface area contributed by atoms with Gasteiger partial charge in [0, 0.05) is 0 Å². The molecular weight excluding hydrogens is 487 g/mol. The van der Waals surface area contributed by atoms with Crippen LogP contribution in [0.2, 0.25) is 15.1 Å². The van der Waals surface area contributed by atoms with E-state index >= 15 is 0 Å². The van der Waals surface area contributed by atoms with Gasteiger partial charge in [0.15, 0.2) is 0 Å². The predicted molar refractivity (Wildman–Crippen MR) is 128 cm³/mol. The van der Waals surface area contributed by atoms with Crippen LogP contribution in [-0.4, -0.2) is 17.8 Å². The minimum absolute atomic E-state index is 0.195. The lowest BCUT2D eigenvalue weighted by atomic mass is 10.1. The molecule has 4 rings (SSSR count). The highest BCUT2D eigenvalue weighted by Gasteiger charge is 2.36. The van der Waals surface area contributed by atoms with E-state index in [9.17, 15) is 14.4 Å². The second kappa shape index (κ2) is 9.67. The first-order chi connectivity index (χ1) is 15.8. The Morgan fingerprint density at radius 2 is 1.61 bits per heavy atom. The van der Waals surface area contributed by atoms with Crippen LogP contribution in [0, 0.1) is 0 Å². The van der Waals surface area contributed by atoms with Gasteiger partial charge < -0.3 is 4.74 Å². The molecule has 0 atom stereocenters. The smallest absolute Gasteiger partial charge is 0.335 e. The number of barbiturate groups is 1. The van der Waals surface area contributed by atoms with Gasteiger partial charge >= 0.3 is 6.03 Å². The molecule has 1 fully saturated rings. The molecule has 0 radical (unpaired) electrons. The Morgan fingerprint density at radius 1 is 0.848 bits per heavy atom. The van der Waals surface area contributed by atoms with Gasteiger partial charge in [-0.25, -0.2) is 9.69 Å². The fraction of sp³-hybridized carbons (Fsp3) is 0.0417. The summed E-state index contributed by atoms with van der Waals surface area (Å²) in [6, 6.07) is 17.5. The maximum absolute atomic E-state index is 12.9. The molecule has 3 aromatic carbocycles. The summed E-state index contributed by atoms with van der Waals surface area (Å²) in [7, 11) is 0. The lowest BCUT2D eigenvalue weighted by Crippen LogP contribution is -2.54. The van der Waals surface area contributed by atoms with Crippen molar-refractivity contribution in [3.8, 4) is 5.75 Å². The lowest BCUT2D eigenvalue weighted by molar-refractivity contribution is -0.122. The number of benzene rings is 3. The molecule has 166 valence electrons. The molecule has 0 aliphatic carbocycles. The lowest BCUT2D eigenvalue weighted by Gasteiger charge is -2.26. The monoisotopic (exact) mass is 500 g/mol. The molecule has 1 N–H and O–H groups in total. The topological polar surface area (TPSA) is 75.7 Å². The second-order valence-corrected chi connectivity index (χ2v) is 8.24. The van der Waals surface area contributed by atoms with Crippen LogP contribution in [0.3, 0.4) is 0 Å². The third-order valence-electron chi connectivity index (χ3n) is 4.76. The Balaban J connectivity index is 1.54.